The topological polar surface area (TPSA) is 33.1 Å². The first-order valence-corrected chi connectivity index (χ1v) is 8.69. The van der Waals surface area contributed by atoms with Crippen molar-refractivity contribution in [3.8, 4) is 0 Å². The summed E-state index contributed by atoms with van der Waals surface area (Å²) in [5, 5.41) is 13.3. The number of nitrogens with zero attached hydrogens (tertiary/aromatic N) is 1. The van der Waals surface area contributed by atoms with E-state index in [1.165, 1.54) is 16.2 Å². The van der Waals surface area contributed by atoms with Crippen LogP contribution in [0.4, 0.5) is 0 Å². The molecule has 1 aromatic heterocycles. The second kappa shape index (κ2) is 6.89. The largest absolute Gasteiger partial charge is 0.390 e. The fourth-order valence-corrected chi connectivity index (χ4v) is 3.43. The van der Waals surface area contributed by atoms with Gasteiger partial charge in [0.1, 0.15) is 0 Å². The van der Waals surface area contributed by atoms with Gasteiger partial charge in [0, 0.05) is 18.0 Å². The summed E-state index contributed by atoms with van der Waals surface area (Å²) in [6.07, 6.45) is 8.11. The van der Waals surface area contributed by atoms with Gasteiger partial charge in [0.15, 0.2) is 0 Å². The maximum atomic E-state index is 9.99. The number of thiazole rings is 1. The lowest BCUT2D eigenvalue weighted by Gasteiger charge is -2.25. The van der Waals surface area contributed by atoms with Crippen molar-refractivity contribution < 1.29 is 5.11 Å². The highest BCUT2D eigenvalue weighted by Crippen LogP contribution is 2.35. The minimum absolute atomic E-state index is 0.572. The van der Waals surface area contributed by atoms with Gasteiger partial charge in [0.2, 0.25) is 0 Å². The SMILES string of the molecule is CC1=C(C)CC(CCC(C)(C)O)=C(CCc2nccs2)C1. The first kappa shape index (κ1) is 16.4. The summed E-state index contributed by atoms with van der Waals surface area (Å²) >= 11 is 1.75. The molecule has 0 radical (unpaired) electrons. The van der Waals surface area contributed by atoms with Crippen LogP contribution in [0.15, 0.2) is 33.9 Å². The van der Waals surface area contributed by atoms with E-state index < -0.39 is 5.60 Å². The lowest BCUT2D eigenvalue weighted by atomic mass is 9.82. The summed E-state index contributed by atoms with van der Waals surface area (Å²) in [6, 6.07) is 0. The van der Waals surface area contributed by atoms with Gasteiger partial charge in [-0.2, -0.15) is 0 Å². The number of aliphatic hydroxyl groups is 1. The molecule has 0 saturated heterocycles. The molecule has 3 heteroatoms. The van der Waals surface area contributed by atoms with Crippen LogP contribution in [0.25, 0.3) is 0 Å². The van der Waals surface area contributed by atoms with Gasteiger partial charge < -0.3 is 5.11 Å². The van der Waals surface area contributed by atoms with Crippen molar-refractivity contribution in [1.29, 1.82) is 0 Å². The fraction of sp³-hybridized carbons (Fsp3) is 0.611. The molecule has 2 nitrogen and oxygen atoms in total. The zero-order valence-electron chi connectivity index (χ0n) is 13.7. The Labute approximate surface area is 132 Å². The molecule has 21 heavy (non-hydrogen) atoms. The van der Waals surface area contributed by atoms with Crippen LogP contribution < -0.4 is 0 Å². The number of rotatable bonds is 6. The van der Waals surface area contributed by atoms with Crippen LogP contribution in [0, 0.1) is 0 Å². The lowest BCUT2D eigenvalue weighted by Crippen LogP contribution is -2.19. The number of aromatic nitrogens is 1. The average molecular weight is 305 g/mol. The minimum Gasteiger partial charge on any atom is -0.390 e. The molecular weight excluding hydrogens is 278 g/mol. The van der Waals surface area contributed by atoms with Crippen molar-refractivity contribution in [3.63, 3.8) is 0 Å². The van der Waals surface area contributed by atoms with Crippen LogP contribution >= 0.6 is 11.3 Å². The molecule has 0 aromatic carbocycles. The number of allylic oxidation sites excluding steroid dienone is 4. The van der Waals surface area contributed by atoms with Gasteiger partial charge in [0.05, 0.1) is 10.6 Å². The van der Waals surface area contributed by atoms with Crippen LogP contribution in [0.3, 0.4) is 0 Å². The fourth-order valence-electron chi connectivity index (χ4n) is 2.81. The molecule has 0 bridgehead atoms. The van der Waals surface area contributed by atoms with Gasteiger partial charge >= 0.3 is 0 Å². The van der Waals surface area contributed by atoms with E-state index in [1.807, 2.05) is 20.0 Å². The molecule has 0 amide bonds. The highest BCUT2D eigenvalue weighted by molar-refractivity contribution is 7.09. The molecule has 1 N–H and O–H groups in total. The molecule has 1 aliphatic carbocycles. The first-order valence-electron chi connectivity index (χ1n) is 7.81. The van der Waals surface area contributed by atoms with Crippen molar-refractivity contribution in [1.82, 2.24) is 4.98 Å². The third kappa shape index (κ3) is 5.08. The predicted octanol–water partition coefficient (Wildman–Crippen LogP) is 5.05. The van der Waals surface area contributed by atoms with Crippen LogP contribution in [0.2, 0.25) is 0 Å². The van der Waals surface area contributed by atoms with E-state index in [9.17, 15) is 5.11 Å². The monoisotopic (exact) mass is 305 g/mol. The molecule has 1 heterocycles. The van der Waals surface area contributed by atoms with E-state index in [2.05, 4.69) is 24.2 Å². The van der Waals surface area contributed by atoms with Crippen molar-refractivity contribution in [2.24, 2.45) is 0 Å². The number of hydrogen-bond acceptors (Lipinski definition) is 3. The number of aryl methyl sites for hydroxylation is 1. The Hall–Kier alpha value is -0.930. The quantitative estimate of drug-likeness (QED) is 0.746. The molecule has 116 valence electrons. The van der Waals surface area contributed by atoms with Crippen molar-refractivity contribution in [2.45, 2.75) is 71.8 Å². The Morgan fingerprint density at radius 1 is 1.10 bits per heavy atom. The number of hydrogen-bond donors (Lipinski definition) is 1. The highest BCUT2D eigenvalue weighted by atomic mass is 32.1. The van der Waals surface area contributed by atoms with Crippen molar-refractivity contribution in [2.75, 3.05) is 0 Å². The van der Waals surface area contributed by atoms with Gasteiger partial charge in [-0.15, -0.1) is 11.3 Å². The van der Waals surface area contributed by atoms with Gasteiger partial charge in [-0.3, -0.25) is 0 Å². The summed E-state index contributed by atoms with van der Waals surface area (Å²) in [4.78, 5) is 4.39. The van der Waals surface area contributed by atoms with E-state index in [0.29, 0.717) is 0 Å². The standard InChI is InChI=1S/C18H27NOS/c1-13-11-15(5-6-17-19-9-10-21-17)16(12-14(13)2)7-8-18(3,4)20/h9-10,20H,5-8,11-12H2,1-4H3. The molecule has 0 spiro atoms. The second-order valence-electron chi connectivity index (χ2n) is 6.86. The molecule has 1 aliphatic rings. The minimum atomic E-state index is -0.572. The summed E-state index contributed by atoms with van der Waals surface area (Å²) in [7, 11) is 0. The van der Waals surface area contributed by atoms with Gasteiger partial charge in [-0.1, -0.05) is 22.3 Å². The van der Waals surface area contributed by atoms with Crippen molar-refractivity contribution >= 4 is 11.3 Å². The summed E-state index contributed by atoms with van der Waals surface area (Å²) in [6.45, 7) is 8.31. The molecule has 1 aromatic rings. The van der Waals surface area contributed by atoms with E-state index in [4.69, 9.17) is 0 Å². The molecule has 0 fully saturated rings. The third-order valence-electron chi connectivity index (χ3n) is 4.35. The van der Waals surface area contributed by atoms with E-state index in [0.717, 1.165) is 38.5 Å². The molecule has 0 aliphatic heterocycles. The Kier molecular flexibility index (Phi) is 5.39. The lowest BCUT2D eigenvalue weighted by molar-refractivity contribution is 0.0711. The maximum Gasteiger partial charge on any atom is 0.0927 e. The van der Waals surface area contributed by atoms with E-state index in [1.54, 1.807) is 22.5 Å². The molecule has 0 unspecified atom stereocenters. The Morgan fingerprint density at radius 3 is 2.24 bits per heavy atom. The smallest absolute Gasteiger partial charge is 0.0927 e. The maximum absolute atomic E-state index is 9.99. The van der Waals surface area contributed by atoms with Crippen LogP contribution in [0.1, 0.15) is 64.8 Å². The predicted molar refractivity (Wildman–Crippen MR) is 90.6 cm³/mol. The average Bonchev–Trinajstić information content (AvgIpc) is 2.90. The summed E-state index contributed by atoms with van der Waals surface area (Å²) in [5.41, 5.74) is 5.60. The van der Waals surface area contributed by atoms with Crippen LogP contribution in [-0.2, 0) is 6.42 Å². The highest BCUT2D eigenvalue weighted by Gasteiger charge is 2.19. The molecule has 0 atom stereocenters. The first-order chi connectivity index (χ1) is 9.85. The van der Waals surface area contributed by atoms with Crippen LogP contribution in [-0.4, -0.2) is 15.7 Å². The zero-order valence-corrected chi connectivity index (χ0v) is 14.5. The van der Waals surface area contributed by atoms with E-state index >= 15 is 0 Å². The zero-order chi connectivity index (χ0) is 15.5. The Balaban J connectivity index is 2.05. The van der Waals surface area contributed by atoms with Gasteiger partial charge in [0.25, 0.3) is 0 Å². The van der Waals surface area contributed by atoms with Gasteiger partial charge in [-0.25, -0.2) is 4.98 Å². The summed E-state index contributed by atoms with van der Waals surface area (Å²) in [5.74, 6) is 0. The molecule has 2 rings (SSSR count). The Bertz CT molecular complexity index is 532. The van der Waals surface area contributed by atoms with Crippen molar-refractivity contribution in [3.05, 3.63) is 38.9 Å². The third-order valence-corrected chi connectivity index (χ3v) is 5.19. The normalized spacial score (nSPS) is 16.8. The molecular formula is C18H27NOS. The molecule has 0 saturated carbocycles. The summed E-state index contributed by atoms with van der Waals surface area (Å²) < 4.78 is 0. The second-order valence-corrected chi connectivity index (χ2v) is 7.84. The van der Waals surface area contributed by atoms with E-state index in [-0.39, 0.29) is 0 Å². The van der Waals surface area contributed by atoms with Gasteiger partial charge in [-0.05, 0) is 59.8 Å². The Morgan fingerprint density at radius 2 is 1.71 bits per heavy atom. The van der Waals surface area contributed by atoms with Crippen LogP contribution in [0.5, 0.6) is 0 Å².